The van der Waals surface area contributed by atoms with Gasteiger partial charge in [-0.3, -0.25) is 19.8 Å². The lowest BCUT2D eigenvalue weighted by Crippen LogP contribution is -2.50. The molecule has 3 N–H and O–H groups in total. The first kappa shape index (κ1) is 17.0. The minimum Gasteiger partial charge on any atom is -0.322 e. The van der Waals surface area contributed by atoms with Gasteiger partial charge in [-0.05, 0) is 37.8 Å². The van der Waals surface area contributed by atoms with E-state index in [1.54, 1.807) is 12.1 Å². The summed E-state index contributed by atoms with van der Waals surface area (Å²) >= 11 is 1.11. The van der Waals surface area contributed by atoms with Crippen molar-refractivity contribution in [2.45, 2.75) is 50.5 Å². The Balaban J connectivity index is 1.41. The lowest BCUT2D eigenvalue weighted by molar-refractivity contribution is -0.134. The number of hydrogen-bond acceptors (Lipinski definition) is 5. The largest absolute Gasteiger partial charge is 0.344 e. The number of urea groups is 1. The van der Waals surface area contributed by atoms with Gasteiger partial charge in [0.1, 0.15) is 5.54 Å². The summed E-state index contributed by atoms with van der Waals surface area (Å²) in [6, 6.07) is 2.62. The van der Waals surface area contributed by atoms with E-state index in [4.69, 9.17) is 0 Å². The Morgan fingerprint density at radius 1 is 1.15 bits per heavy atom. The SMILES string of the molecule is O=C(NN1C(=O)NC2(CCCCC2)C1=O)c1ccc(NC(=O)C2CC2)s1. The summed E-state index contributed by atoms with van der Waals surface area (Å²) < 4.78 is 0. The normalized spacial score (nSPS) is 21.6. The number of rotatable bonds is 4. The van der Waals surface area contributed by atoms with Crippen LogP contribution in [-0.4, -0.2) is 34.3 Å². The van der Waals surface area contributed by atoms with Crippen molar-refractivity contribution in [3.63, 3.8) is 0 Å². The van der Waals surface area contributed by atoms with Crippen molar-refractivity contribution in [2.75, 3.05) is 5.32 Å². The second kappa shape index (κ2) is 6.39. The van der Waals surface area contributed by atoms with E-state index in [2.05, 4.69) is 16.1 Å². The van der Waals surface area contributed by atoms with Crippen molar-refractivity contribution in [3.05, 3.63) is 17.0 Å². The lowest BCUT2D eigenvalue weighted by Gasteiger charge is -2.30. The van der Waals surface area contributed by atoms with Gasteiger partial charge in [0.2, 0.25) is 5.91 Å². The second-order valence-electron chi connectivity index (χ2n) is 7.08. The van der Waals surface area contributed by atoms with Crippen molar-refractivity contribution < 1.29 is 19.2 Å². The van der Waals surface area contributed by atoms with E-state index in [0.29, 0.717) is 22.7 Å². The summed E-state index contributed by atoms with van der Waals surface area (Å²) in [6.45, 7) is 0. The molecule has 0 bridgehead atoms. The minimum absolute atomic E-state index is 0.0350. The van der Waals surface area contributed by atoms with E-state index in [1.165, 1.54) is 0 Å². The molecule has 5 amide bonds. The molecule has 26 heavy (non-hydrogen) atoms. The van der Waals surface area contributed by atoms with E-state index < -0.39 is 23.4 Å². The summed E-state index contributed by atoms with van der Waals surface area (Å²) in [7, 11) is 0. The maximum absolute atomic E-state index is 12.7. The van der Waals surface area contributed by atoms with Crippen LogP contribution in [0.4, 0.5) is 9.80 Å². The lowest BCUT2D eigenvalue weighted by atomic mass is 9.82. The van der Waals surface area contributed by atoms with E-state index in [0.717, 1.165) is 48.4 Å². The van der Waals surface area contributed by atoms with Gasteiger partial charge in [0.05, 0.1) is 9.88 Å². The number of hydrazine groups is 1. The Bertz CT molecular complexity index is 779. The molecule has 3 fully saturated rings. The molecule has 4 rings (SSSR count). The van der Waals surface area contributed by atoms with Gasteiger partial charge in [-0.25, -0.2) is 4.79 Å². The van der Waals surface area contributed by atoms with Crippen LogP contribution >= 0.6 is 11.3 Å². The fraction of sp³-hybridized carbons (Fsp3) is 0.529. The number of nitrogens with one attached hydrogen (secondary N) is 3. The number of imide groups is 1. The summed E-state index contributed by atoms with van der Waals surface area (Å²) in [5.41, 5.74) is 1.53. The highest BCUT2D eigenvalue weighted by molar-refractivity contribution is 7.18. The molecule has 9 heteroatoms. The van der Waals surface area contributed by atoms with Crippen molar-refractivity contribution in [2.24, 2.45) is 5.92 Å². The third-order valence-corrected chi connectivity index (χ3v) is 6.11. The van der Waals surface area contributed by atoms with E-state index in [1.807, 2.05) is 0 Å². The molecule has 2 saturated carbocycles. The third kappa shape index (κ3) is 3.07. The van der Waals surface area contributed by atoms with Gasteiger partial charge in [-0.15, -0.1) is 11.3 Å². The van der Waals surface area contributed by atoms with Crippen LogP contribution < -0.4 is 16.1 Å². The van der Waals surface area contributed by atoms with Crippen LogP contribution in [0.2, 0.25) is 0 Å². The van der Waals surface area contributed by atoms with Crippen LogP contribution in [0.15, 0.2) is 12.1 Å². The Morgan fingerprint density at radius 2 is 1.88 bits per heavy atom. The fourth-order valence-electron chi connectivity index (χ4n) is 3.47. The third-order valence-electron chi connectivity index (χ3n) is 5.11. The Kier molecular flexibility index (Phi) is 4.18. The predicted octanol–water partition coefficient (Wildman–Crippen LogP) is 2.00. The molecule has 138 valence electrons. The molecule has 1 saturated heterocycles. The Morgan fingerprint density at radius 3 is 2.58 bits per heavy atom. The highest BCUT2D eigenvalue weighted by Crippen LogP contribution is 2.34. The van der Waals surface area contributed by atoms with Gasteiger partial charge < -0.3 is 10.6 Å². The maximum Gasteiger partial charge on any atom is 0.344 e. The highest BCUT2D eigenvalue weighted by atomic mass is 32.1. The van der Waals surface area contributed by atoms with Gasteiger partial charge in [0.15, 0.2) is 0 Å². The molecule has 1 aliphatic heterocycles. The molecule has 8 nitrogen and oxygen atoms in total. The molecule has 0 atom stereocenters. The zero-order chi connectivity index (χ0) is 18.3. The molecule has 0 radical (unpaired) electrons. The van der Waals surface area contributed by atoms with Gasteiger partial charge in [-0.2, -0.15) is 5.01 Å². The van der Waals surface area contributed by atoms with Crippen LogP contribution in [0.25, 0.3) is 0 Å². The van der Waals surface area contributed by atoms with Crippen molar-refractivity contribution >= 4 is 40.1 Å². The number of carbonyl (C=O) groups is 4. The van der Waals surface area contributed by atoms with E-state index in [-0.39, 0.29) is 11.8 Å². The van der Waals surface area contributed by atoms with Gasteiger partial charge in [0.25, 0.3) is 11.8 Å². The van der Waals surface area contributed by atoms with Crippen LogP contribution in [-0.2, 0) is 9.59 Å². The van der Waals surface area contributed by atoms with Gasteiger partial charge >= 0.3 is 6.03 Å². The van der Waals surface area contributed by atoms with Crippen LogP contribution in [0.3, 0.4) is 0 Å². The molecular weight excluding hydrogens is 356 g/mol. The zero-order valence-electron chi connectivity index (χ0n) is 14.2. The smallest absolute Gasteiger partial charge is 0.322 e. The number of nitrogens with zero attached hydrogens (tertiary/aromatic N) is 1. The summed E-state index contributed by atoms with van der Waals surface area (Å²) in [6.07, 6.45) is 5.80. The highest BCUT2D eigenvalue weighted by Gasteiger charge is 2.52. The van der Waals surface area contributed by atoms with Crippen molar-refractivity contribution in [3.8, 4) is 0 Å². The quantitative estimate of drug-likeness (QED) is 0.699. The average molecular weight is 376 g/mol. The maximum atomic E-state index is 12.7. The molecule has 1 aromatic heterocycles. The Hall–Kier alpha value is -2.42. The number of hydrogen-bond donors (Lipinski definition) is 3. The van der Waals surface area contributed by atoms with Gasteiger partial charge in [-0.1, -0.05) is 19.3 Å². The molecule has 0 aromatic carbocycles. The second-order valence-corrected chi connectivity index (χ2v) is 8.17. The molecular formula is C17H20N4O4S. The average Bonchev–Trinajstić information content (AvgIpc) is 3.34. The zero-order valence-corrected chi connectivity index (χ0v) is 15.0. The summed E-state index contributed by atoms with van der Waals surface area (Å²) in [5, 5.41) is 6.89. The molecule has 1 spiro atoms. The molecule has 1 aromatic rings. The first-order valence-corrected chi connectivity index (χ1v) is 9.69. The van der Waals surface area contributed by atoms with Crippen LogP contribution in [0, 0.1) is 5.92 Å². The van der Waals surface area contributed by atoms with E-state index >= 15 is 0 Å². The van der Waals surface area contributed by atoms with Crippen LogP contribution in [0.5, 0.6) is 0 Å². The Labute approximate surface area is 154 Å². The first-order chi connectivity index (χ1) is 12.5. The molecule has 3 aliphatic rings. The van der Waals surface area contributed by atoms with Crippen molar-refractivity contribution in [1.82, 2.24) is 15.8 Å². The molecule has 2 heterocycles. The standard InChI is InChI=1S/C17H20N4O4S/c22-13(10-4-5-10)18-12-7-6-11(26-12)14(23)20-21-15(24)17(19-16(21)25)8-2-1-3-9-17/h6-7,10H,1-5,8-9H2,(H,18,22)(H,19,25)(H,20,23). The number of anilines is 1. The predicted molar refractivity (Wildman–Crippen MR) is 94.3 cm³/mol. The van der Waals surface area contributed by atoms with Crippen LogP contribution in [0.1, 0.15) is 54.6 Å². The molecule has 0 unspecified atom stereocenters. The topological polar surface area (TPSA) is 108 Å². The summed E-state index contributed by atoms with van der Waals surface area (Å²) in [5.74, 6) is -0.897. The monoisotopic (exact) mass is 376 g/mol. The fourth-order valence-corrected chi connectivity index (χ4v) is 4.27. The number of carbonyl (C=O) groups excluding carboxylic acids is 4. The number of amides is 5. The number of thiophene rings is 1. The summed E-state index contributed by atoms with van der Waals surface area (Å²) in [4.78, 5) is 49.4. The minimum atomic E-state index is -0.874. The van der Waals surface area contributed by atoms with E-state index in [9.17, 15) is 19.2 Å². The van der Waals surface area contributed by atoms with Crippen molar-refractivity contribution in [1.29, 1.82) is 0 Å². The first-order valence-electron chi connectivity index (χ1n) is 8.87. The van der Waals surface area contributed by atoms with Gasteiger partial charge in [0, 0.05) is 5.92 Å². The molecule has 2 aliphatic carbocycles.